The van der Waals surface area contributed by atoms with E-state index >= 15 is 0 Å². The predicted octanol–water partition coefficient (Wildman–Crippen LogP) is 3.76. The van der Waals surface area contributed by atoms with Crippen molar-refractivity contribution in [3.63, 3.8) is 0 Å². The van der Waals surface area contributed by atoms with Crippen LogP contribution in [-0.2, 0) is 0 Å². The van der Waals surface area contributed by atoms with E-state index in [2.05, 4.69) is 6.58 Å². The van der Waals surface area contributed by atoms with Crippen LogP contribution in [-0.4, -0.2) is 7.11 Å². The summed E-state index contributed by atoms with van der Waals surface area (Å²) in [5.41, 5.74) is 0. The lowest BCUT2D eigenvalue weighted by Gasteiger charge is -2.07. The third-order valence-electron chi connectivity index (χ3n) is 2.31. The summed E-state index contributed by atoms with van der Waals surface area (Å²) in [6, 6.07) is 11.9. The molecule has 0 saturated heterocycles. The summed E-state index contributed by atoms with van der Waals surface area (Å²) in [6.07, 6.45) is 0. The molecule has 0 radical (unpaired) electrons. The molecule has 2 aromatic carbocycles. The molecule has 0 fully saturated rings. The van der Waals surface area contributed by atoms with Crippen LogP contribution in [0, 0.1) is 0 Å². The first-order valence-corrected chi connectivity index (χ1v) is 5.10. The van der Waals surface area contributed by atoms with Gasteiger partial charge in [0.1, 0.15) is 11.5 Å². The van der Waals surface area contributed by atoms with Crippen LogP contribution in [0.5, 0.6) is 11.5 Å². The van der Waals surface area contributed by atoms with Gasteiger partial charge in [0.15, 0.2) is 0 Å². The van der Waals surface area contributed by atoms with E-state index in [9.17, 15) is 0 Å². The molecule has 0 aliphatic heterocycles. The smallest absolute Gasteiger partial charge is 0.127 e. The summed E-state index contributed by atoms with van der Waals surface area (Å²) in [5, 5.41) is 2.26. The zero-order chi connectivity index (χ0) is 11.5. The Hall–Kier alpha value is -1.96. The van der Waals surface area contributed by atoms with Gasteiger partial charge in [0.25, 0.3) is 0 Å². The van der Waals surface area contributed by atoms with Gasteiger partial charge < -0.3 is 9.47 Å². The summed E-state index contributed by atoms with van der Waals surface area (Å²) in [6.45, 7) is 5.55. The van der Waals surface area contributed by atoms with Gasteiger partial charge in [-0.3, -0.25) is 0 Å². The van der Waals surface area contributed by atoms with Crippen LogP contribution >= 0.6 is 0 Å². The van der Waals surface area contributed by atoms with Gasteiger partial charge in [-0.1, -0.05) is 18.7 Å². The monoisotopic (exact) mass is 214 g/mol. The van der Waals surface area contributed by atoms with E-state index in [1.54, 1.807) is 7.11 Å². The van der Waals surface area contributed by atoms with Crippen LogP contribution in [0.3, 0.4) is 0 Å². The molecule has 2 heteroatoms. The molecule has 2 nitrogen and oxygen atoms in total. The highest BCUT2D eigenvalue weighted by Crippen LogP contribution is 2.25. The fourth-order valence-corrected chi connectivity index (χ4v) is 1.59. The fourth-order valence-electron chi connectivity index (χ4n) is 1.59. The van der Waals surface area contributed by atoms with Crippen molar-refractivity contribution in [3.05, 3.63) is 48.7 Å². The normalized spacial score (nSPS) is 10.1. The molecule has 0 spiro atoms. The van der Waals surface area contributed by atoms with Gasteiger partial charge in [0.05, 0.1) is 12.9 Å². The average molecular weight is 214 g/mol. The Bertz CT molecular complexity index is 529. The molecule has 0 aliphatic rings. The van der Waals surface area contributed by atoms with E-state index in [0.717, 1.165) is 22.3 Å². The van der Waals surface area contributed by atoms with E-state index in [-0.39, 0.29) is 0 Å². The lowest BCUT2D eigenvalue weighted by atomic mass is 10.1. The van der Waals surface area contributed by atoms with E-state index in [0.29, 0.717) is 5.76 Å². The minimum atomic E-state index is 0.688. The topological polar surface area (TPSA) is 18.5 Å². The van der Waals surface area contributed by atoms with Crippen molar-refractivity contribution in [2.45, 2.75) is 6.92 Å². The zero-order valence-electron chi connectivity index (χ0n) is 9.49. The standard InChI is InChI=1S/C14H14O2/c1-10(2)16-14-7-5-11-8-13(15-3)6-4-12(11)9-14/h4-9H,1H2,2-3H3. The van der Waals surface area contributed by atoms with Crippen LogP contribution in [0.25, 0.3) is 10.8 Å². The van der Waals surface area contributed by atoms with Gasteiger partial charge in [-0.15, -0.1) is 0 Å². The third kappa shape index (κ3) is 2.16. The number of fused-ring (bicyclic) bond motifs is 1. The summed E-state index contributed by atoms with van der Waals surface area (Å²) < 4.78 is 10.6. The summed E-state index contributed by atoms with van der Waals surface area (Å²) in [5.74, 6) is 2.36. The maximum absolute atomic E-state index is 5.45. The molecule has 16 heavy (non-hydrogen) atoms. The Kier molecular flexibility index (Phi) is 2.82. The minimum Gasteiger partial charge on any atom is -0.497 e. The Balaban J connectivity index is 2.43. The fraction of sp³-hybridized carbons (Fsp3) is 0.143. The first-order valence-electron chi connectivity index (χ1n) is 5.10. The SMILES string of the molecule is C=C(C)Oc1ccc2cc(OC)ccc2c1. The van der Waals surface area contributed by atoms with E-state index in [1.807, 2.05) is 43.3 Å². The second kappa shape index (κ2) is 4.27. The van der Waals surface area contributed by atoms with E-state index in [4.69, 9.17) is 9.47 Å². The number of hydrogen-bond acceptors (Lipinski definition) is 2. The van der Waals surface area contributed by atoms with Crippen LogP contribution in [0.1, 0.15) is 6.92 Å². The number of hydrogen-bond donors (Lipinski definition) is 0. The van der Waals surface area contributed by atoms with Crippen molar-refractivity contribution < 1.29 is 9.47 Å². The first-order chi connectivity index (χ1) is 7.69. The molecule has 0 atom stereocenters. The molecule has 2 aromatic rings. The Morgan fingerprint density at radius 3 is 2.12 bits per heavy atom. The van der Waals surface area contributed by atoms with Gasteiger partial charge in [-0.25, -0.2) is 0 Å². The lowest BCUT2D eigenvalue weighted by molar-refractivity contribution is 0.415. The molecule has 0 heterocycles. The lowest BCUT2D eigenvalue weighted by Crippen LogP contribution is -1.88. The molecule has 0 amide bonds. The highest BCUT2D eigenvalue weighted by molar-refractivity contribution is 5.85. The Morgan fingerprint density at radius 2 is 1.56 bits per heavy atom. The van der Waals surface area contributed by atoms with Crippen LogP contribution in [0.15, 0.2) is 48.7 Å². The maximum atomic E-state index is 5.45. The number of rotatable bonds is 3. The Labute approximate surface area is 95.1 Å². The van der Waals surface area contributed by atoms with E-state index < -0.39 is 0 Å². The molecule has 0 saturated carbocycles. The highest BCUT2D eigenvalue weighted by Gasteiger charge is 1.99. The molecular weight excluding hydrogens is 200 g/mol. The van der Waals surface area contributed by atoms with Crippen molar-refractivity contribution >= 4 is 10.8 Å². The average Bonchev–Trinajstić information content (AvgIpc) is 2.27. The largest absolute Gasteiger partial charge is 0.497 e. The molecule has 0 bridgehead atoms. The van der Waals surface area contributed by atoms with Crippen molar-refractivity contribution in [3.8, 4) is 11.5 Å². The molecule has 0 aliphatic carbocycles. The predicted molar refractivity (Wildman–Crippen MR) is 65.9 cm³/mol. The summed E-state index contributed by atoms with van der Waals surface area (Å²) >= 11 is 0. The van der Waals surface area contributed by atoms with Crippen LogP contribution < -0.4 is 9.47 Å². The van der Waals surface area contributed by atoms with Gasteiger partial charge >= 0.3 is 0 Å². The molecule has 0 unspecified atom stereocenters. The van der Waals surface area contributed by atoms with Crippen molar-refractivity contribution in [2.24, 2.45) is 0 Å². The first kappa shape index (κ1) is 10.6. The molecule has 82 valence electrons. The van der Waals surface area contributed by atoms with Gasteiger partial charge in [0, 0.05) is 0 Å². The van der Waals surface area contributed by atoms with Gasteiger partial charge in [-0.2, -0.15) is 0 Å². The summed E-state index contributed by atoms with van der Waals surface area (Å²) in [7, 11) is 1.67. The quantitative estimate of drug-likeness (QED) is 0.724. The molecule has 0 aromatic heterocycles. The van der Waals surface area contributed by atoms with Gasteiger partial charge in [-0.05, 0) is 42.0 Å². The number of allylic oxidation sites excluding steroid dienone is 1. The van der Waals surface area contributed by atoms with E-state index in [1.165, 1.54) is 0 Å². The number of ether oxygens (including phenoxy) is 2. The molecule has 2 rings (SSSR count). The summed E-state index contributed by atoms with van der Waals surface area (Å²) in [4.78, 5) is 0. The minimum absolute atomic E-state index is 0.688. The molecule has 0 N–H and O–H groups in total. The van der Waals surface area contributed by atoms with Crippen LogP contribution in [0.4, 0.5) is 0 Å². The van der Waals surface area contributed by atoms with Crippen molar-refractivity contribution in [1.29, 1.82) is 0 Å². The second-order valence-corrected chi connectivity index (χ2v) is 3.68. The highest BCUT2D eigenvalue weighted by atomic mass is 16.5. The van der Waals surface area contributed by atoms with Crippen molar-refractivity contribution in [1.82, 2.24) is 0 Å². The number of methoxy groups -OCH3 is 1. The Morgan fingerprint density at radius 1 is 1.00 bits per heavy atom. The van der Waals surface area contributed by atoms with Crippen molar-refractivity contribution in [2.75, 3.05) is 7.11 Å². The molecular formula is C14H14O2. The third-order valence-corrected chi connectivity index (χ3v) is 2.31. The van der Waals surface area contributed by atoms with Crippen LogP contribution in [0.2, 0.25) is 0 Å². The van der Waals surface area contributed by atoms with Gasteiger partial charge in [0.2, 0.25) is 0 Å². The number of benzene rings is 2. The second-order valence-electron chi connectivity index (χ2n) is 3.68. The zero-order valence-corrected chi connectivity index (χ0v) is 9.49. The maximum Gasteiger partial charge on any atom is 0.127 e.